The molecule has 0 fully saturated rings. The summed E-state index contributed by atoms with van der Waals surface area (Å²) in [6, 6.07) is 22.0. The molecule has 0 amide bonds. The average Bonchev–Trinajstić information content (AvgIpc) is 3.31. The fraction of sp³-hybridized carbons (Fsp3) is 0.208. The van der Waals surface area contributed by atoms with E-state index in [-0.39, 0.29) is 11.0 Å². The Morgan fingerprint density at radius 3 is 2.40 bits per heavy atom. The van der Waals surface area contributed by atoms with E-state index in [0.717, 1.165) is 28.2 Å². The van der Waals surface area contributed by atoms with Gasteiger partial charge in [-0.05, 0) is 44.5 Å². The van der Waals surface area contributed by atoms with Crippen molar-refractivity contribution in [2.24, 2.45) is 0 Å². The van der Waals surface area contributed by atoms with Crippen LogP contribution in [0.15, 0.2) is 76.4 Å². The van der Waals surface area contributed by atoms with Crippen molar-refractivity contribution < 1.29 is 9.21 Å². The van der Waals surface area contributed by atoms with E-state index in [1.165, 1.54) is 11.8 Å². The number of hydrogen-bond donors (Lipinski definition) is 0. The maximum atomic E-state index is 13.1. The molecule has 0 bridgehead atoms. The SMILES string of the molecule is Cc1cc(C(=O)[C@@H](C)Sc2nnc(Cc3ccccc3)o2)c(C)n1-c1ccccc1. The summed E-state index contributed by atoms with van der Waals surface area (Å²) in [7, 11) is 0. The molecule has 0 saturated carbocycles. The highest BCUT2D eigenvalue weighted by atomic mass is 32.2. The fourth-order valence-corrected chi connectivity index (χ4v) is 4.31. The number of carbonyl (C=O) groups excluding carboxylic acids is 1. The van der Waals surface area contributed by atoms with Gasteiger partial charge in [-0.25, -0.2) is 0 Å². The number of carbonyl (C=O) groups is 1. The monoisotopic (exact) mass is 417 g/mol. The Morgan fingerprint density at radius 1 is 1.03 bits per heavy atom. The maximum Gasteiger partial charge on any atom is 0.277 e. The minimum atomic E-state index is -0.334. The van der Waals surface area contributed by atoms with Gasteiger partial charge >= 0.3 is 0 Å². The van der Waals surface area contributed by atoms with Gasteiger partial charge in [0, 0.05) is 22.6 Å². The van der Waals surface area contributed by atoms with E-state index >= 15 is 0 Å². The Kier molecular flexibility index (Phi) is 5.86. The molecule has 4 rings (SSSR count). The molecule has 5 nitrogen and oxygen atoms in total. The summed E-state index contributed by atoms with van der Waals surface area (Å²) < 4.78 is 7.86. The van der Waals surface area contributed by atoms with Gasteiger partial charge in [-0.15, -0.1) is 10.2 Å². The van der Waals surface area contributed by atoms with Crippen molar-refractivity contribution in [3.8, 4) is 5.69 Å². The molecular weight excluding hydrogens is 394 g/mol. The first-order valence-corrected chi connectivity index (χ1v) is 10.7. The van der Waals surface area contributed by atoms with Crippen LogP contribution in [0, 0.1) is 13.8 Å². The van der Waals surface area contributed by atoms with Crippen LogP contribution in [0.1, 0.15) is 40.1 Å². The molecule has 2 aromatic heterocycles. The Labute approximate surface area is 180 Å². The molecule has 0 aliphatic rings. The van der Waals surface area contributed by atoms with Crippen molar-refractivity contribution in [2.45, 2.75) is 37.7 Å². The van der Waals surface area contributed by atoms with Crippen LogP contribution in [0.4, 0.5) is 0 Å². The molecule has 1 atom stereocenters. The molecule has 6 heteroatoms. The number of thioether (sulfide) groups is 1. The van der Waals surface area contributed by atoms with Crippen molar-refractivity contribution >= 4 is 17.5 Å². The van der Waals surface area contributed by atoms with Gasteiger partial charge in [0.05, 0.1) is 11.7 Å². The van der Waals surface area contributed by atoms with Gasteiger partial charge in [0.15, 0.2) is 5.78 Å². The molecule has 30 heavy (non-hydrogen) atoms. The van der Waals surface area contributed by atoms with E-state index in [0.29, 0.717) is 17.5 Å². The van der Waals surface area contributed by atoms with Crippen molar-refractivity contribution in [2.75, 3.05) is 0 Å². The number of Topliss-reactive ketones (excluding diaryl/α,β-unsaturated/α-hetero) is 1. The fourth-order valence-electron chi connectivity index (χ4n) is 3.54. The van der Waals surface area contributed by atoms with E-state index in [9.17, 15) is 4.79 Å². The summed E-state index contributed by atoms with van der Waals surface area (Å²) in [5.74, 6) is 0.601. The summed E-state index contributed by atoms with van der Waals surface area (Å²) in [6.45, 7) is 5.88. The molecule has 2 aromatic carbocycles. The Morgan fingerprint density at radius 2 is 1.70 bits per heavy atom. The highest BCUT2D eigenvalue weighted by Gasteiger charge is 2.24. The van der Waals surface area contributed by atoms with E-state index in [1.807, 2.05) is 87.5 Å². The van der Waals surface area contributed by atoms with Crippen molar-refractivity contribution in [1.29, 1.82) is 0 Å². The van der Waals surface area contributed by atoms with Crippen LogP contribution in [0.25, 0.3) is 5.69 Å². The van der Waals surface area contributed by atoms with Crippen LogP contribution >= 0.6 is 11.8 Å². The molecule has 0 spiro atoms. The van der Waals surface area contributed by atoms with E-state index < -0.39 is 0 Å². The number of hydrogen-bond acceptors (Lipinski definition) is 5. The second-order valence-electron chi connectivity index (χ2n) is 7.20. The standard InChI is InChI=1S/C24H23N3O2S/c1-16-14-21(17(2)27(16)20-12-8-5-9-13-20)23(28)18(3)30-24-26-25-22(29-24)15-19-10-6-4-7-11-19/h4-14,18H,15H2,1-3H3/t18-/m1/s1. The lowest BCUT2D eigenvalue weighted by atomic mass is 10.1. The zero-order valence-electron chi connectivity index (χ0n) is 17.2. The Hall–Kier alpha value is -3.12. The van der Waals surface area contributed by atoms with Crippen LogP contribution < -0.4 is 0 Å². The minimum absolute atomic E-state index is 0.0538. The van der Waals surface area contributed by atoms with E-state index in [4.69, 9.17) is 4.42 Å². The number of aromatic nitrogens is 3. The van der Waals surface area contributed by atoms with Gasteiger partial charge in [0.25, 0.3) is 5.22 Å². The summed E-state index contributed by atoms with van der Waals surface area (Å²) in [4.78, 5) is 13.1. The number of rotatable bonds is 7. The molecule has 0 aliphatic carbocycles. The molecule has 0 saturated heterocycles. The molecule has 0 radical (unpaired) electrons. The quantitative estimate of drug-likeness (QED) is 0.296. The molecule has 0 N–H and O–H groups in total. The first-order valence-electron chi connectivity index (χ1n) is 9.84. The summed E-state index contributed by atoms with van der Waals surface area (Å²) in [5.41, 5.74) is 4.85. The van der Waals surface area contributed by atoms with Gasteiger partial charge in [-0.3, -0.25) is 4.79 Å². The molecule has 2 heterocycles. The Bertz CT molecular complexity index is 1150. The van der Waals surface area contributed by atoms with Gasteiger partial charge in [0.2, 0.25) is 5.89 Å². The first kappa shape index (κ1) is 20.2. The number of para-hydroxylation sites is 1. The van der Waals surface area contributed by atoms with Gasteiger partial charge in [0.1, 0.15) is 0 Å². The van der Waals surface area contributed by atoms with Crippen LogP contribution in [-0.4, -0.2) is 25.8 Å². The molecular formula is C24H23N3O2S. The highest BCUT2D eigenvalue weighted by molar-refractivity contribution is 8.00. The largest absolute Gasteiger partial charge is 0.416 e. The van der Waals surface area contributed by atoms with Crippen LogP contribution in [0.3, 0.4) is 0 Å². The minimum Gasteiger partial charge on any atom is -0.416 e. The highest BCUT2D eigenvalue weighted by Crippen LogP contribution is 2.28. The first-order chi connectivity index (χ1) is 14.5. The van der Waals surface area contributed by atoms with Crippen molar-refractivity contribution in [3.63, 3.8) is 0 Å². The molecule has 152 valence electrons. The topological polar surface area (TPSA) is 60.9 Å². The zero-order chi connectivity index (χ0) is 21.1. The lowest BCUT2D eigenvalue weighted by Gasteiger charge is -2.11. The average molecular weight is 418 g/mol. The third kappa shape index (κ3) is 4.24. The second-order valence-corrected chi connectivity index (χ2v) is 8.50. The maximum absolute atomic E-state index is 13.1. The van der Waals surface area contributed by atoms with Gasteiger partial charge in [-0.1, -0.05) is 60.3 Å². The van der Waals surface area contributed by atoms with Gasteiger partial charge in [-0.2, -0.15) is 0 Å². The molecule has 0 aliphatic heterocycles. The molecule has 4 aromatic rings. The summed E-state index contributed by atoms with van der Waals surface area (Å²) in [6.07, 6.45) is 0.578. The second kappa shape index (κ2) is 8.71. The zero-order valence-corrected chi connectivity index (χ0v) is 18.0. The smallest absolute Gasteiger partial charge is 0.277 e. The van der Waals surface area contributed by atoms with E-state index in [1.54, 1.807) is 0 Å². The third-order valence-corrected chi connectivity index (χ3v) is 5.94. The number of benzene rings is 2. The van der Waals surface area contributed by atoms with Crippen molar-refractivity contribution in [3.05, 3.63) is 95.1 Å². The number of ketones is 1. The number of aryl methyl sites for hydroxylation is 1. The van der Waals surface area contributed by atoms with Gasteiger partial charge < -0.3 is 8.98 Å². The van der Waals surface area contributed by atoms with Crippen LogP contribution in [-0.2, 0) is 6.42 Å². The summed E-state index contributed by atoms with van der Waals surface area (Å²) in [5, 5.41) is 8.31. The lowest BCUT2D eigenvalue weighted by molar-refractivity contribution is 0.0993. The predicted octanol–water partition coefficient (Wildman–Crippen LogP) is 5.43. The van der Waals surface area contributed by atoms with Crippen molar-refractivity contribution in [1.82, 2.24) is 14.8 Å². The number of nitrogens with zero attached hydrogens (tertiary/aromatic N) is 3. The molecule has 0 unspecified atom stereocenters. The van der Waals surface area contributed by atoms with Crippen LogP contribution in [0.5, 0.6) is 0 Å². The summed E-state index contributed by atoms with van der Waals surface area (Å²) >= 11 is 1.30. The normalized spacial score (nSPS) is 12.1. The third-order valence-electron chi connectivity index (χ3n) is 5.00. The lowest BCUT2D eigenvalue weighted by Crippen LogP contribution is -2.14. The van der Waals surface area contributed by atoms with E-state index in [2.05, 4.69) is 14.8 Å². The Balaban J connectivity index is 1.48. The predicted molar refractivity (Wildman–Crippen MR) is 118 cm³/mol. The van der Waals surface area contributed by atoms with Crippen LogP contribution in [0.2, 0.25) is 0 Å².